The zero-order valence-corrected chi connectivity index (χ0v) is 12.3. The SMILES string of the molecule is CCCC(C)N(C)C(=O)c1ccc2ccccc2c1O. The van der Waals surface area contributed by atoms with Crippen molar-refractivity contribution in [2.45, 2.75) is 32.7 Å². The Balaban J connectivity index is 2.37. The van der Waals surface area contributed by atoms with E-state index in [1.54, 1.807) is 18.0 Å². The van der Waals surface area contributed by atoms with E-state index in [9.17, 15) is 9.90 Å². The van der Waals surface area contributed by atoms with Gasteiger partial charge < -0.3 is 10.0 Å². The lowest BCUT2D eigenvalue weighted by Crippen LogP contribution is -2.35. The second kappa shape index (κ2) is 5.95. The van der Waals surface area contributed by atoms with E-state index in [4.69, 9.17) is 0 Å². The Bertz CT molecular complexity index is 621. The summed E-state index contributed by atoms with van der Waals surface area (Å²) >= 11 is 0. The number of benzene rings is 2. The normalized spacial score (nSPS) is 12.3. The summed E-state index contributed by atoms with van der Waals surface area (Å²) in [5.74, 6) is -0.0575. The zero-order chi connectivity index (χ0) is 14.7. The van der Waals surface area contributed by atoms with Crippen LogP contribution in [-0.4, -0.2) is 29.0 Å². The summed E-state index contributed by atoms with van der Waals surface area (Å²) in [5.41, 5.74) is 0.370. The second-order valence-electron chi connectivity index (χ2n) is 5.24. The highest BCUT2D eigenvalue weighted by Crippen LogP contribution is 2.29. The summed E-state index contributed by atoms with van der Waals surface area (Å²) in [7, 11) is 1.79. The lowest BCUT2D eigenvalue weighted by Gasteiger charge is -2.25. The van der Waals surface area contributed by atoms with Gasteiger partial charge in [-0.05, 0) is 24.8 Å². The summed E-state index contributed by atoms with van der Waals surface area (Å²) in [6, 6.07) is 11.3. The maximum absolute atomic E-state index is 12.5. The highest BCUT2D eigenvalue weighted by molar-refractivity contribution is 6.03. The standard InChI is InChI=1S/C17H21NO2/c1-4-7-12(2)18(3)17(20)15-11-10-13-8-5-6-9-14(13)16(15)19/h5-6,8-12,19H,4,7H2,1-3H3. The van der Waals surface area contributed by atoms with E-state index in [-0.39, 0.29) is 17.7 Å². The second-order valence-corrected chi connectivity index (χ2v) is 5.24. The Morgan fingerprint density at radius 3 is 2.65 bits per heavy atom. The first-order valence-electron chi connectivity index (χ1n) is 7.04. The van der Waals surface area contributed by atoms with Crippen molar-refractivity contribution in [3.05, 3.63) is 42.0 Å². The number of aromatic hydroxyl groups is 1. The van der Waals surface area contributed by atoms with E-state index in [0.29, 0.717) is 5.56 Å². The number of rotatable bonds is 4. The molecule has 1 N–H and O–H groups in total. The summed E-state index contributed by atoms with van der Waals surface area (Å²) in [4.78, 5) is 14.2. The average Bonchev–Trinajstić information content (AvgIpc) is 2.46. The van der Waals surface area contributed by atoms with Crippen LogP contribution in [0.3, 0.4) is 0 Å². The Hall–Kier alpha value is -2.03. The van der Waals surface area contributed by atoms with Crippen molar-refractivity contribution in [2.24, 2.45) is 0 Å². The predicted octanol–water partition coefficient (Wildman–Crippen LogP) is 3.81. The first kappa shape index (κ1) is 14.4. The molecule has 0 saturated heterocycles. The van der Waals surface area contributed by atoms with Crippen molar-refractivity contribution in [1.82, 2.24) is 4.90 Å². The minimum absolute atomic E-state index is 0.0728. The van der Waals surface area contributed by atoms with Crippen molar-refractivity contribution >= 4 is 16.7 Å². The maximum Gasteiger partial charge on any atom is 0.257 e. The lowest BCUT2D eigenvalue weighted by atomic mass is 10.0. The highest BCUT2D eigenvalue weighted by atomic mass is 16.3. The Morgan fingerprint density at radius 1 is 1.25 bits per heavy atom. The van der Waals surface area contributed by atoms with Gasteiger partial charge in [-0.15, -0.1) is 0 Å². The molecule has 2 rings (SSSR count). The lowest BCUT2D eigenvalue weighted by molar-refractivity contribution is 0.0734. The number of hydrogen-bond donors (Lipinski definition) is 1. The third kappa shape index (κ3) is 2.62. The molecule has 0 heterocycles. The van der Waals surface area contributed by atoms with Gasteiger partial charge in [0.1, 0.15) is 5.75 Å². The monoisotopic (exact) mass is 271 g/mol. The molecule has 0 aliphatic carbocycles. The van der Waals surface area contributed by atoms with Gasteiger partial charge in [-0.1, -0.05) is 43.7 Å². The summed E-state index contributed by atoms with van der Waals surface area (Å²) in [6.07, 6.45) is 1.99. The number of carbonyl (C=O) groups is 1. The number of nitrogens with zero attached hydrogens (tertiary/aromatic N) is 1. The molecule has 0 radical (unpaired) electrons. The average molecular weight is 271 g/mol. The van der Waals surface area contributed by atoms with Crippen LogP contribution in [0.15, 0.2) is 36.4 Å². The third-order valence-corrected chi connectivity index (χ3v) is 3.82. The van der Waals surface area contributed by atoms with E-state index in [1.165, 1.54) is 0 Å². The van der Waals surface area contributed by atoms with Crippen LogP contribution in [0.2, 0.25) is 0 Å². The molecule has 2 aromatic rings. The van der Waals surface area contributed by atoms with Crippen LogP contribution in [0.1, 0.15) is 37.0 Å². The molecule has 106 valence electrons. The van der Waals surface area contributed by atoms with Crippen LogP contribution in [0, 0.1) is 0 Å². The molecule has 0 aromatic heterocycles. The van der Waals surface area contributed by atoms with E-state index in [1.807, 2.05) is 37.3 Å². The molecule has 0 fully saturated rings. The van der Waals surface area contributed by atoms with E-state index >= 15 is 0 Å². The molecule has 1 atom stereocenters. The Morgan fingerprint density at radius 2 is 1.95 bits per heavy atom. The third-order valence-electron chi connectivity index (χ3n) is 3.82. The van der Waals surface area contributed by atoms with E-state index < -0.39 is 0 Å². The molecular formula is C17H21NO2. The van der Waals surface area contributed by atoms with Crippen LogP contribution in [0.5, 0.6) is 5.75 Å². The van der Waals surface area contributed by atoms with Crippen molar-refractivity contribution < 1.29 is 9.90 Å². The zero-order valence-electron chi connectivity index (χ0n) is 12.3. The van der Waals surface area contributed by atoms with Gasteiger partial charge >= 0.3 is 0 Å². The fourth-order valence-electron chi connectivity index (χ4n) is 2.43. The molecule has 0 bridgehead atoms. The minimum Gasteiger partial charge on any atom is -0.506 e. The number of phenols is 1. The summed E-state index contributed by atoms with van der Waals surface area (Å²) in [5, 5.41) is 12.0. The van der Waals surface area contributed by atoms with E-state index in [0.717, 1.165) is 23.6 Å². The fourth-order valence-corrected chi connectivity index (χ4v) is 2.43. The molecule has 0 aliphatic rings. The predicted molar refractivity (Wildman–Crippen MR) is 82.1 cm³/mol. The van der Waals surface area contributed by atoms with Crippen molar-refractivity contribution in [2.75, 3.05) is 7.05 Å². The number of hydrogen-bond acceptors (Lipinski definition) is 2. The highest BCUT2D eigenvalue weighted by Gasteiger charge is 2.20. The van der Waals surface area contributed by atoms with Crippen LogP contribution < -0.4 is 0 Å². The number of carbonyl (C=O) groups excluding carboxylic acids is 1. The molecule has 0 aliphatic heterocycles. The minimum atomic E-state index is -0.130. The molecular weight excluding hydrogens is 250 g/mol. The fraction of sp³-hybridized carbons (Fsp3) is 0.353. The van der Waals surface area contributed by atoms with Crippen LogP contribution in [0.4, 0.5) is 0 Å². The van der Waals surface area contributed by atoms with Gasteiger partial charge in [-0.25, -0.2) is 0 Å². The largest absolute Gasteiger partial charge is 0.506 e. The van der Waals surface area contributed by atoms with Crippen LogP contribution in [-0.2, 0) is 0 Å². The Labute approximate surface area is 119 Å². The van der Waals surface area contributed by atoms with Gasteiger partial charge in [-0.3, -0.25) is 4.79 Å². The number of phenolic OH excluding ortho intramolecular Hbond substituents is 1. The van der Waals surface area contributed by atoms with Gasteiger partial charge in [0, 0.05) is 18.5 Å². The van der Waals surface area contributed by atoms with Crippen LogP contribution in [0.25, 0.3) is 10.8 Å². The molecule has 1 amide bonds. The summed E-state index contributed by atoms with van der Waals surface area (Å²) < 4.78 is 0. The topological polar surface area (TPSA) is 40.5 Å². The van der Waals surface area contributed by atoms with Gasteiger partial charge in [-0.2, -0.15) is 0 Å². The van der Waals surface area contributed by atoms with Crippen molar-refractivity contribution in [1.29, 1.82) is 0 Å². The first-order valence-corrected chi connectivity index (χ1v) is 7.04. The molecule has 0 saturated carbocycles. The smallest absolute Gasteiger partial charge is 0.257 e. The molecule has 0 spiro atoms. The maximum atomic E-state index is 12.5. The molecule has 20 heavy (non-hydrogen) atoms. The quantitative estimate of drug-likeness (QED) is 0.918. The molecule has 3 heteroatoms. The van der Waals surface area contributed by atoms with Crippen LogP contribution >= 0.6 is 0 Å². The van der Waals surface area contributed by atoms with Crippen molar-refractivity contribution in [3.8, 4) is 5.75 Å². The Kier molecular flexibility index (Phi) is 4.28. The van der Waals surface area contributed by atoms with E-state index in [2.05, 4.69) is 6.92 Å². The first-order chi connectivity index (χ1) is 9.56. The van der Waals surface area contributed by atoms with Crippen molar-refractivity contribution in [3.63, 3.8) is 0 Å². The van der Waals surface area contributed by atoms with Gasteiger partial charge in [0.05, 0.1) is 5.56 Å². The summed E-state index contributed by atoms with van der Waals surface area (Å²) in [6.45, 7) is 4.13. The van der Waals surface area contributed by atoms with Gasteiger partial charge in [0.25, 0.3) is 5.91 Å². The number of amides is 1. The molecule has 3 nitrogen and oxygen atoms in total. The van der Waals surface area contributed by atoms with Gasteiger partial charge in [0.15, 0.2) is 0 Å². The molecule has 2 aromatic carbocycles. The van der Waals surface area contributed by atoms with Gasteiger partial charge in [0.2, 0.25) is 0 Å². The molecule has 1 unspecified atom stereocenters. The number of fused-ring (bicyclic) bond motifs is 1.